The molecule has 1 rings (SSSR count). The average Bonchev–Trinajstić information content (AvgIpc) is 2.42. The smallest absolute Gasteiger partial charge is 0.303 e. The van der Waals surface area contributed by atoms with Crippen molar-refractivity contribution in [1.29, 1.82) is 0 Å². The number of hydrogen-bond acceptors (Lipinski definition) is 8. The molecule has 136 valence electrons. The Morgan fingerprint density at radius 2 is 1.50 bits per heavy atom. The summed E-state index contributed by atoms with van der Waals surface area (Å²) in [4.78, 5) is 45.2. The van der Waals surface area contributed by atoms with Crippen molar-refractivity contribution >= 4 is 35.4 Å². The summed E-state index contributed by atoms with van der Waals surface area (Å²) < 4.78 is 20.6. The number of carbonyl (C=O) groups excluding carboxylic acids is 4. The summed E-state index contributed by atoms with van der Waals surface area (Å²) in [6.07, 6.45) is -3.10. The summed E-state index contributed by atoms with van der Waals surface area (Å²) in [6, 6.07) is -0.966. The third kappa shape index (κ3) is 5.97. The van der Waals surface area contributed by atoms with E-state index in [1.807, 2.05) is 0 Å². The molecule has 0 unspecified atom stereocenters. The second kappa shape index (κ2) is 8.84. The fraction of sp³-hybridized carbons (Fsp3) is 0.714. The molecule has 1 amide bonds. The summed E-state index contributed by atoms with van der Waals surface area (Å²) in [7, 11) is 0. The lowest BCUT2D eigenvalue weighted by Crippen LogP contribution is -2.65. The SMILES string of the molecule is CC(=O)N[C@H]1[C@H](OC(C)=O)[C@@H](Cl)O[C@H](COC(C)=O)[C@H]1OC(C)=O. The van der Waals surface area contributed by atoms with E-state index in [4.69, 9.17) is 30.5 Å². The van der Waals surface area contributed by atoms with Gasteiger partial charge < -0.3 is 24.3 Å². The van der Waals surface area contributed by atoms with Crippen LogP contribution in [0.4, 0.5) is 0 Å². The third-order valence-corrected chi connectivity index (χ3v) is 3.41. The number of ether oxygens (including phenoxy) is 4. The minimum atomic E-state index is -1.14. The van der Waals surface area contributed by atoms with Gasteiger partial charge in [0.05, 0.1) is 0 Å². The van der Waals surface area contributed by atoms with Crippen LogP contribution >= 0.6 is 11.6 Å². The molecule has 9 nitrogen and oxygen atoms in total. The van der Waals surface area contributed by atoms with Crippen molar-refractivity contribution in [2.24, 2.45) is 0 Å². The molecule has 0 bridgehead atoms. The Balaban J connectivity index is 3.11. The maximum Gasteiger partial charge on any atom is 0.303 e. The van der Waals surface area contributed by atoms with Crippen LogP contribution in [0.25, 0.3) is 0 Å². The fourth-order valence-electron chi connectivity index (χ4n) is 2.29. The van der Waals surface area contributed by atoms with Crippen LogP contribution in [0, 0.1) is 0 Å². The summed E-state index contributed by atoms with van der Waals surface area (Å²) in [5.41, 5.74) is -1.14. The first-order chi connectivity index (χ1) is 11.1. The zero-order valence-electron chi connectivity index (χ0n) is 13.7. The molecule has 0 aromatic carbocycles. The number of rotatable bonds is 5. The van der Waals surface area contributed by atoms with Crippen LogP contribution in [0.5, 0.6) is 0 Å². The van der Waals surface area contributed by atoms with Gasteiger partial charge in [-0.15, -0.1) is 0 Å². The topological polar surface area (TPSA) is 117 Å². The van der Waals surface area contributed by atoms with Crippen LogP contribution in [-0.2, 0) is 38.1 Å². The normalized spacial score (nSPS) is 29.3. The molecule has 1 heterocycles. The molecule has 1 saturated heterocycles. The van der Waals surface area contributed by atoms with Crippen molar-refractivity contribution in [2.45, 2.75) is 57.6 Å². The van der Waals surface area contributed by atoms with Gasteiger partial charge in [-0.05, 0) is 0 Å². The van der Waals surface area contributed by atoms with Gasteiger partial charge in [-0.2, -0.15) is 0 Å². The van der Waals surface area contributed by atoms with Crippen LogP contribution < -0.4 is 5.32 Å². The first kappa shape index (κ1) is 20.2. The van der Waals surface area contributed by atoms with E-state index in [0.717, 1.165) is 0 Å². The Labute approximate surface area is 143 Å². The number of hydrogen-bond donors (Lipinski definition) is 1. The molecule has 1 N–H and O–H groups in total. The van der Waals surface area contributed by atoms with Gasteiger partial charge in [-0.1, -0.05) is 11.6 Å². The van der Waals surface area contributed by atoms with Crippen molar-refractivity contribution in [1.82, 2.24) is 5.32 Å². The molecule has 0 aromatic heterocycles. The summed E-state index contributed by atoms with van der Waals surface area (Å²) in [6.45, 7) is 4.53. The lowest BCUT2D eigenvalue weighted by molar-refractivity contribution is -0.206. The molecule has 0 saturated carbocycles. The van der Waals surface area contributed by atoms with E-state index in [1.165, 1.54) is 27.7 Å². The predicted octanol–water partition coefficient (Wildman–Crippen LogP) is -0.119. The quantitative estimate of drug-likeness (QED) is 0.407. The van der Waals surface area contributed by atoms with Crippen molar-refractivity contribution in [3.63, 3.8) is 0 Å². The molecule has 1 fully saturated rings. The van der Waals surface area contributed by atoms with Crippen molar-refractivity contribution in [2.75, 3.05) is 6.61 Å². The van der Waals surface area contributed by atoms with Crippen molar-refractivity contribution in [3.05, 3.63) is 0 Å². The summed E-state index contributed by atoms with van der Waals surface area (Å²) in [5, 5.41) is 2.54. The molecule has 0 radical (unpaired) electrons. The van der Waals surface area contributed by atoms with Crippen molar-refractivity contribution in [3.8, 4) is 0 Å². The monoisotopic (exact) mass is 365 g/mol. The Morgan fingerprint density at radius 3 is 1.96 bits per heavy atom. The van der Waals surface area contributed by atoms with Gasteiger partial charge in [0.2, 0.25) is 5.91 Å². The Morgan fingerprint density at radius 1 is 0.958 bits per heavy atom. The van der Waals surface area contributed by atoms with E-state index in [-0.39, 0.29) is 6.61 Å². The molecule has 24 heavy (non-hydrogen) atoms. The second-order valence-electron chi connectivity index (χ2n) is 5.20. The standard InChI is InChI=1S/C14H20ClNO8/c1-6(17)16-11-12(22-8(3)19)10(5-21-7(2)18)24-14(15)13(11)23-9(4)20/h10-14H,5H2,1-4H3,(H,16,17)/t10-,11-,12-,13+,14+/m1/s1. The first-order valence-electron chi connectivity index (χ1n) is 7.16. The lowest BCUT2D eigenvalue weighted by Gasteiger charge is -2.43. The van der Waals surface area contributed by atoms with Crippen LogP contribution in [0.1, 0.15) is 27.7 Å². The van der Waals surface area contributed by atoms with Gasteiger partial charge in [-0.3, -0.25) is 19.2 Å². The maximum absolute atomic E-state index is 11.5. The van der Waals surface area contributed by atoms with E-state index < -0.39 is 53.7 Å². The second-order valence-corrected chi connectivity index (χ2v) is 5.63. The van der Waals surface area contributed by atoms with Crippen LogP contribution in [0.15, 0.2) is 0 Å². The number of amides is 1. The lowest BCUT2D eigenvalue weighted by atomic mass is 9.96. The molecular weight excluding hydrogens is 346 g/mol. The minimum Gasteiger partial charge on any atom is -0.463 e. The van der Waals surface area contributed by atoms with E-state index >= 15 is 0 Å². The minimum absolute atomic E-state index is 0.251. The van der Waals surface area contributed by atoms with E-state index in [9.17, 15) is 19.2 Å². The van der Waals surface area contributed by atoms with Gasteiger partial charge in [0.1, 0.15) is 18.8 Å². The molecule has 1 aliphatic heterocycles. The number of alkyl halides is 1. The zero-order chi connectivity index (χ0) is 18.4. The first-order valence-corrected chi connectivity index (χ1v) is 7.60. The van der Waals surface area contributed by atoms with Crippen LogP contribution in [0.2, 0.25) is 0 Å². The van der Waals surface area contributed by atoms with Crippen molar-refractivity contribution < 1.29 is 38.1 Å². The highest BCUT2D eigenvalue weighted by Gasteiger charge is 2.49. The molecule has 0 spiro atoms. The summed E-state index contributed by atoms with van der Waals surface area (Å²) in [5.74, 6) is -2.32. The number of nitrogens with one attached hydrogen (secondary N) is 1. The van der Waals surface area contributed by atoms with Crippen LogP contribution in [0.3, 0.4) is 0 Å². The maximum atomic E-state index is 11.5. The van der Waals surface area contributed by atoms with Gasteiger partial charge in [0, 0.05) is 27.7 Å². The third-order valence-electron chi connectivity index (χ3n) is 3.06. The number of carbonyl (C=O) groups is 4. The van der Waals surface area contributed by atoms with Gasteiger partial charge in [0.25, 0.3) is 0 Å². The van der Waals surface area contributed by atoms with E-state index in [2.05, 4.69) is 5.32 Å². The molecule has 10 heteroatoms. The van der Waals surface area contributed by atoms with E-state index in [0.29, 0.717) is 0 Å². The molecule has 5 atom stereocenters. The molecule has 1 aliphatic rings. The Hall–Kier alpha value is -1.87. The average molecular weight is 366 g/mol. The van der Waals surface area contributed by atoms with Gasteiger partial charge >= 0.3 is 17.9 Å². The highest BCUT2D eigenvalue weighted by molar-refractivity contribution is 6.20. The molecular formula is C14H20ClNO8. The Bertz CT molecular complexity index is 511. The zero-order valence-corrected chi connectivity index (χ0v) is 14.5. The Kier molecular flexibility index (Phi) is 7.43. The van der Waals surface area contributed by atoms with Crippen LogP contribution in [-0.4, -0.2) is 60.3 Å². The highest BCUT2D eigenvalue weighted by Crippen LogP contribution is 2.28. The number of halogens is 1. The van der Waals surface area contributed by atoms with Gasteiger partial charge in [-0.25, -0.2) is 0 Å². The highest BCUT2D eigenvalue weighted by atomic mass is 35.5. The fourth-order valence-corrected chi connectivity index (χ4v) is 2.64. The number of esters is 3. The summed E-state index contributed by atoms with van der Waals surface area (Å²) >= 11 is 6.09. The predicted molar refractivity (Wildman–Crippen MR) is 79.9 cm³/mol. The van der Waals surface area contributed by atoms with Gasteiger partial charge in [0.15, 0.2) is 17.8 Å². The molecule has 0 aliphatic carbocycles. The van der Waals surface area contributed by atoms with E-state index in [1.54, 1.807) is 0 Å². The largest absolute Gasteiger partial charge is 0.463 e. The molecule has 0 aromatic rings.